The molecule has 1 atom stereocenters. The van der Waals surface area contributed by atoms with Crippen LogP contribution in [0.15, 0.2) is 0 Å². The highest BCUT2D eigenvalue weighted by Crippen LogP contribution is 2.22. The molecule has 2 N–H and O–H groups in total. The summed E-state index contributed by atoms with van der Waals surface area (Å²) in [6.07, 6.45) is 3.81. The zero-order valence-electron chi connectivity index (χ0n) is 11.5. The first kappa shape index (κ1) is 13.9. The standard InChI is InChI=1S/C13H29N3/c1-5-13(2,11-14)16(4)10-12-6-8-15(3)9-7-12/h12H,5-11,14H2,1-4H3. The minimum atomic E-state index is 0.184. The van der Waals surface area contributed by atoms with Gasteiger partial charge in [-0.1, -0.05) is 6.92 Å². The van der Waals surface area contributed by atoms with Gasteiger partial charge in [0.2, 0.25) is 0 Å². The Morgan fingerprint density at radius 1 is 1.38 bits per heavy atom. The van der Waals surface area contributed by atoms with Crippen molar-refractivity contribution in [1.82, 2.24) is 9.80 Å². The number of hydrogen-bond acceptors (Lipinski definition) is 3. The molecule has 0 aliphatic carbocycles. The fourth-order valence-corrected chi connectivity index (χ4v) is 2.42. The molecule has 3 nitrogen and oxygen atoms in total. The quantitative estimate of drug-likeness (QED) is 0.770. The third-order valence-corrected chi connectivity index (χ3v) is 4.49. The second kappa shape index (κ2) is 5.99. The van der Waals surface area contributed by atoms with Crippen LogP contribution in [0.2, 0.25) is 0 Å². The zero-order chi connectivity index (χ0) is 12.2. The highest BCUT2D eigenvalue weighted by molar-refractivity contribution is 4.86. The molecule has 0 radical (unpaired) electrons. The van der Waals surface area contributed by atoms with Gasteiger partial charge in [0.05, 0.1) is 0 Å². The van der Waals surface area contributed by atoms with Gasteiger partial charge in [0, 0.05) is 18.6 Å². The Labute approximate surface area is 101 Å². The van der Waals surface area contributed by atoms with Gasteiger partial charge in [-0.2, -0.15) is 0 Å². The summed E-state index contributed by atoms with van der Waals surface area (Å²) in [5.74, 6) is 0.860. The second-order valence-electron chi connectivity index (χ2n) is 5.68. The van der Waals surface area contributed by atoms with Crippen LogP contribution >= 0.6 is 0 Å². The SMILES string of the molecule is CCC(C)(CN)N(C)CC1CCN(C)CC1. The molecule has 0 aromatic carbocycles. The molecule has 1 heterocycles. The van der Waals surface area contributed by atoms with Crippen molar-refractivity contribution in [2.24, 2.45) is 11.7 Å². The van der Waals surface area contributed by atoms with E-state index in [2.05, 4.69) is 37.7 Å². The minimum Gasteiger partial charge on any atom is -0.329 e. The zero-order valence-corrected chi connectivity index (χ0v) is 11.5. The van der Waals surface area contributed by atoms with E-state index in [1.54, 1.807) is 0 Å². The van der Waals surface area contributed by atoms with Crippen LogP contribution in [0.5, 0.6) is 0 Å². The van der Waals surface area contributed by atoms with E-state index >= 15 is 0 Å². The molecule has 0 saturated carbocycles. The van der Waals surface area contributed by atoms with Crippen molar-refractivity contribution in [2.45, 2.75) is 38.6 Å². The Morgan fingerprint density at radius 2 is 1.94 bits per heavy atom. The van der Waals surface area contributed by atoms with E-state index in [1.807, 2.05) is 0 Å². The van der Waals surface area contributed by atoms with E-state index < -0.39 is 0 Å². The summed E-state index contributed by atoms with van der Waals surface area (Å²) in [6, 6.07) is 0. The van der Waals surface area contributed by atoms with E-state index in [0.717, 1.165) is 18.9 Å². The fourth-order valence-electron chi connectivity index (χ4n) is 2.42. The molecule has 0 amide bonds. The molecule has 96 valence electrons. The van der Waals surface area contributed by atoms with Crippen LogP contribution in [0, 0.1) is 5.92 Å². The van der Waals surface area contributed by atoms with Crippen molar-refractivity contribution in [3.8, 4) is 0 Å². The third-order valence-electron chi connectivity index (χ3n) is 4.49. The monoisotopic (exact) mass is 227 g/mol. The first-order valence-corrected chi connectivity index (χ1v) is 6.61. The highest BCUT2D eigenvalue weighted by atomic mass is 15.2. The van der Waals surface area contributed by atoms with Gasteiger partial charge < -0.3 is 10.6 Å². The predicted molar refractivity (Wildman–Crippen MR) is 70.6 cm³/mol. The molecule has 1 unspecified atom stereocenters. The Hall–Kier alpha value is -0.120. The minimum absolute atomic E-state index is 0.184. The van der Waals surface area contributed by atoms with E-state index in [0.29, 0.717) is 0 Å². The summed E-state index contributed by atoms with van der Waals surface area (Å²) in [7, 11) is 4.45. The van der Waals surface area contributed by atoms with Gasteiger partial charge in [-0.15, -0.1) is 0 Å². The molecule has 1 aliphatic heterocycles. The van der Waals surface area contributed by atoms with Crippen LogP contribution in [0.25, 0.3) is 0 Å². The van der Waals surface area contributed by atoms with E-state index in [1.165, 1.54) is 32.5 Å². The maximum absolute atomic E-state index is 5.90. The molecule has 3 heteroatoms. The van der Waals surface area contributed by atoms with Gasteiger partial charge in [-0.25, -0.2) is 0 Å². The molecule has 0 spiro atoms. The van der Waals surface area contributed by atoms with Crippen molar-refractivity contribution < 1.29 is 0 Å². The van der Waals surface area contributed by atoms with Crippen molar-refractivity contribution in [3.05, 3.63) is 0 Å². The lowest BCUT2D eigenvalue weighted by Crippen LogP contribution is -2.51. The maximum atomic E-state index is 5.90. The summed E-state index contributed by atoms with van der Waals surface area (Å²) < 4.78 is 0. The Balaban J connectivity index is 2.41. The summed E-state index contributed by atoms with van der Waals surface area (Å²) in [5.41, 5.74) is 6.08. The lowest BCUT2D eigenvalue weighted by molar-refractivity contribution is 0.0948. The number of likely N-dealkylation sites (tertiary alicyclic amines) is 1. The molecule has 1 saturated heterocycles. The Kier molecular flexibility index (Phi) is 5.22. The fraction of sp³-hybridized carbons (Fsp3) is 1.00. The summed E-state index contributed by atoms with van der Waals surface area (Å²) in [6.45, 7) is 8.98. The largest absolute Gasteiger partial charge is 0.329 e. The molecule has 16 heavy (non-hydrogen) atoms. The van der Waals surface area contributed by atoms with Crippen molar-refractivity contribution in [3.63, 3.8) is 0 Å². The average Bonchev–Trinajstić information content (AvgIpc) is 2.31. The topological polar surface area (TPSA) is 32.5 Å². The Bertz CT molecular complexity index is 193. The summed E-state index contributed by atoms with van der Waals surface area (Å²) >= 11 is 0. The average molecular weight is 227 g/mol. The molecule has 0 aromatic rings. The van der Waals surface area contributed by atoms with Crippen molar-refractivity contribution in [2.75, 3.05) is 40.3 Å². The van der Waals surface area contributed by atoms with E-state index in [-0.39, 0.29) is 5.54 Å². The van der Waals surface area contributed by atoms with Crippen LogP contribution in [0.1, 0.15) is 33.1 Å². The lowest BCUT2D eigenvalue weighted by atomic mass is 9.92. The first-order valence-electron chi connectivity index (χ1n) is 6.61. The number of likely N-dealkylation sites (N-methyl/N-ethyl adjacent to an activating group) is 1. The van der Waals surface area contributed by atoms with Gasteiger partial charge >= 0.3 is 0 Å². The highest BCUT2D eigenvalue weighted by Gasteiger charge is 2.28. The molecule has 1 fully saturated rings. The molecule has 0 bridgehead atoms. The first-order chi connectivity index (χ1) is 7.51. The third kappa shape index (κ3) is 3.44. The predicted octanol–water partition coefficient (Wildman–Crippen LogP) is 1.39. The summed E-state index contributed by atoms with van der Waals surface area (Å²) in [4.78, 5) is 4.90. The Morgan fingerprint density at radius 3 is 2.38 bits per heavy atom. The smallest absolute Gasteiger partial charge is 0.0298 e. The van der Waals surface area contributed by atoms with Crippen LogP contribution in [0.4, 0.5) is 0 Å². The molecule has 0 aromatic heterocycles. The molecular weight excluding hydrogens is 198 g/mol. The van der Waals surface area contributed by atoms with Crippen LogP contribution < -0.4 is 5.73 Å². The molecular formula is C13H29N3. The van der Waals surface area contributed by atoms with Crippen LogP contribution in [-0.4, -0.2) is 55.6 Å². The number of nitrogens with zero attached hydrogens (tertiary/aromatic N) is 2. The number of nitrogens with two attached hydrogens (primary N) is 1. The normalized spacial score (nSPS) is 23.6. The van der Waals surface area contributed by atoms with E-state index in [9.17, 15) is 0 Å². The van der Waals surface area contributed by atoms with Gasteiger partial charge in [0.25, 0.3) is 0 Å². The van der Waals surface area contributed by atoms with Crippen molar-refractivity contribution >= 4 is 0 Å². The van der Waals surface area contributed by atoms with Crippen molar-refractivity contribution in [1.29, 1.82) is 0 Å². The summed E-state index contributed by atoms with van der Waals surface area (Å²) in [5, 5.41) is 0. The van der Waals surface area contributed by atoms with Gasteiger partial charge in [0.15, 0.2) is 0 Å². The molecule has 1 rings (SSSR count). The maximum Gasteiger partial charge on any atom is 0.0298 e. The lowest BCUT2D eigenvalue weighted by Gasteiger charge is -2.41. The number of piperidine rings is 1. The van der Waals surface area contributed by atoms with Crippen LogP contribution in [0.3, 0.4) is 0 Å². The number of rotatable bonds is 5. The van der Waals surface area contributed by atoms with Crippen LogP contribution in [-0.2, 0) is 0 Å². The molecule has 1 aliphatic rings. The number of hydrogen-bond donors (Lipinski definition) is 1. The van der Waals surface area contributed by atoms with Gasteiger partial charge in [-0.3, -0.25) is 4.90 Å². The second-order valence-corrected chi connectivity index (χ2v) is 5.68. The van der Waals surface area contributed by atoms with E-state index in [4.69, 9.17) is 5.73 Å². The van der Waals surface area contributed by atoms with Gasteiger partial charge in [-0.05, 0) is 59.3 Å². The van der Waals surface area contributed by atoms with Gasteiger partial charge in [0.1, 0.15) is 0 Å².